The lowest BCUT2D eigenvalue weighted by molar-refractivity contribution is -0.248. The number of carbonyl (C=O) groups excluding carboxylic acids is 3. The van der Waals surface area contributed by atoms with Crippen LogP contribution in [0.1, 0.15) is 20.8 Å². The van der Waals surface area contributed by atoms with Crippen LogP contribution in [0.5, 0.6) is 0 Å². The molecule has 1 saturated heterocycles. The fourth-order valence-corrected chi connectivity index (χ4v) is 2.41. The normalized spacial score (nSPS) is 32.1. The number of ether oxygens (including phenoxy) is 4. The van der Waals surface area contributed by atoms with Gasteiger partial charge in [0.15, 0.2) is 18.5 Å². The zero-order valence-corrected chi connectivity index (χ0v) is 13.4. The molecule has 0 unspecified atom stereocenters. The first-order valence-corrected chi connectivity index (χ1v) is 7.09. The molecule has 1 heterocycles. The largest absolute Gasteiger partial charge is 0.463 e. The molecule has 0 aromatic rings. The minimum Gasteiger partial charge on any atom is -0.463 e. The van der Waals surface area contributed by atoms with Gasteiger partial charge in [-0.05, 0) is 0 Å². The Morgan fingerprint density at radius 1 is 1.05 bits per heavy atom. The first-order valence-electron chi connectivity index (χ1n) is 6.17. The second-order valence-corrected chi connectivity index (χ2v) is 5.52. The summed E-state index contributed by atoms with van der Waals surface area (Å²) in [5, 5.41) is 9.81. The van der Waals surface area contributed by atoms with Crippen molar-refractivity contribution in [3.05, 3.63) is 0 Å². The zero-order chi connectivity index (χ0) is 16.2. The lowest BCUT2D eigenvalue weighted by atomic mass is 10.0. The minimum absolute atomic E-state index is 0.248. The number of aliphatic hydroxyl groups is 1. The van der Waals surface area contributed by atoms with Crippen molar-refractivity contribution in [1.29, 1.82) is 0 Å². The Hall–Kier alpha value is -1.19. The molecule has 120 valence electrons. The Bertz CT molecular complexity index is 412. The van der Waals surface area contributed by atoms with Crippen molar-refractivity contribution in [3.63, 3.8) is 0 Å². The molecule has 0 saturated carbocycles. The van der Waals surface area contributed by atoms with Crippen LogP contribution in [0.15, 0.2) is 0 Å². The average molecular weight is 369 g/mol. The lowest BCUT2D eigenvalue weighted by Gasteiger charge is -2.41. The maximum absolute atomic E-state index is 11.2. The molecule has 5 atom stereocenters. The standard InChI is InChI=1S/C12H17BrO8/c1-5(14)18-4-8-10(19-6(2)15)11(20-7(3)16)9(13)12(17)21-8/h8-12,17H,4H2,1-3H3/t8-,9-,10+,11-,12+/m1/s1. The summed E-state index contributed by atoms with van der Waals surface area (Å²) in [6.07, 6.45) is -4.26. The van der Waals surface area contributed by atoms with Gasteiger partial charge in [0.2, 0.25) is 0 Å². The van der Waals surface area contributed by atoms with Gasteiger partial charge >= 0.3 is 17.9 Å². The summed E-state index contributed by atoms with van der Waals surface area (Å²) in [4.78, 5) is 32.5. The Morgan fingerprint density at radius 2 is 1.57 bits per heavy atom. The molecule has 1 aliphatic rings. The molecule has 0 amide bonds. The Labute approximate surface area is 129 Å². The SMILES string of the molecule is CC(=O)OC[C@H]1O[C@H](O)[C@H](Br)[C@@H](OC(C)=O)[C@H]1OC(C)=O. The van der Waals surface area contributed by atoms with Gasteiger partial charge in [-0.15, -0.1) is 0 Å². The molecule has 0 aromatic heterocycles. The highest BCUT2D eigenvalue weighted by Crippen LogP contribution is 2.30. The van der Waals surface area contributed by atoms with Gasteiger partial charge in [0.25, 0.3) is 0 Å². The van der Waals surface area contributed by atoms with Crippen LogP contribution < -0.4 is 0 Å². The Morgan fingerprint density at radius 3 is 2.05 bits per heavy atom. The summed E-state index contributed by atoms with van der Waals surface area (Å²) in [6.45, 7) is 3.33. The highest BCUT2D eigenvalue weighted by molar-refractivity contribution is 9.09. The molecule has 9 heteroatoms. The summed E-state index contributed by atoms with van der Waals surface area (Å²) in [7, 11) is 0. The van der Waals surface area contributed by atoms with Crippen LogP contribution in [-0.2, 0) is 33.3 Å². The molecular formula is C12H17BrO8. The Balaban J connectivity index is 2.94. The highest BCUT2D eigenvalue weighted by atomic mass is 79.9. The molecule has 0 bridgehead atoms. The van der Waals surface area contributed by atoms with Crippen molar-refractivity contribution < 1.29 is 38.4 Å². The third kappa shape index (κ3) is 5.25. The van der Waals surface area contributed by atoms with E-state index in [2.05, 4.69) is 15.9 Å². The summed E-state index contributed by atoms with van der Waals surface area (Å²) < 4.78 is 20.2. The van der Waals surface area contributed by atoms with Crippen LogP contribution in [0.4, 0.5) is 0 Å². The highest BCUT2D eigenvalue weighted by Gasteiger charge is 2.48. The molecule has 8 nitrogen and oxygen atoms in total. The van der Waals surface area contributed by atoms with Crippen LogP contribution in [0, 0.1) is 0 Å². The maximum atomic E-state index is 11.2. The topological polar surface area (TPSA) is 108 Å². The van der Waals surface area contributed by atoms with E-state index in [0.29, 0.717) is 0 Å². The van der Waals surface area contributed by atoms with E-state index in [-0.39, 0.29) is 6.61 Å². The van der Waals surface area contributed by atoms with Crippen molar-refractivity contribution >= 4 is 33.8 Å². The number of halogens is 1. The molecule has 1 fully saturated rings. The molecule has 0 spiro atoms. The minimum atomic E-state index is -1.32. The van der Waals surface area contributed by atoms with Crippen LogP contribution >= 0.6 is 15.9 Å². The quantitative estimate of drug-likeness (QED) is 0.416. The van der Waals surface area contributed by atoms with Crippen LogP contribution in [0.25, 0.3) is 0 Å². The molecule has 0 aromatic carbocycles. The number of carbonyl (C=O) groups is 3. The van der Waals surface area contributed by atoms with Crippen molar-refractivity contribution in [1.82, 2.24) is 0 Å². The molecule has 21 heavy (non-hydrogen) atoms. The maximum Gasteiger partial charge on any atom is 0.303 e. The van der Waals surface area contributed by atoms with E-state index >= 15 is 0 Å². The van der Waals surface area contributed by atoms with E-state index < -0.39 is 47.3 Å². The predicted octanol–water partition coefficient (Wildman–Crippen LogP) is -0.106. The molecular weight excluding hydrogens is 352 g/mol. The van der Waals surface area contributed by atoms with Gasteiger partial charge in [0.1, 0.15) is 17.5 Å². The summed E-state index contributed by atoms with van der Waals surface area (Å²) in [5.41, 5.74) is 0. The molecule has 0 aliphatic carbocycles. The molecule has 1 aliphatic heterocycles. The smallest absolute Gasteiger partial charge is 0.303 e. The van der Waals surface area contributed by atoms with E-state index in [1.807, 2.05) is 0 Å². The number of aliphatic hydroxyl groups excluding tert-OH is 1. The van der Waals surface area contributed by atoms with Gasteiger partial charge in [0, 0.05) is 20.8 Å². The van der Waals surface area contributed by atoms with Crippen molar-refractivity contribution in [2.24, 2.45) is 0 Å². The first kappa shape index (κ1) is 17.9. The number of esters is 3. The Kier molecular flexibility index (Phi) is 6.56. The average Bonchev–Trinajstić information content (AvgIpc) is 2.35. The first-order chi connectivity index (χ1) is 9.72. The third-order valence-electron chi connectivity index (χ3n) is 2.65. The van der Waals surface area contributed by atoms with Gasteiger partial charge in [-0.1, -0.05) is 15.9 Å². The van der Waals surface area contributed by atoms with Gasteiger partial charge in [-0.25, -0.2) is 0 Å². The lowest BCUT2D eigenvalue weighted by Crippen LogP contribution is -2.59. The second kappa shape index (κ2) is 7.71. The van der Waals surface area contributed by atoms with E-state index in [1.165, 1.54) is 20.8 Å². The number of hydrogen-bond acceptors (Lipinski definition) is 8. The molecule has 0 radical (unpaired) electrons. The predicted molar refractivity (Wildman–Crippen MR) is 71.3 cm³/mol. The second-order valence-electron chi connectivity index (χ2n) is 4.46. The van der Waals surface area contributed by atoms with Crippen LogP contribution in [0.3, 0.4) is 0 Å². The van der Waals surface area contributed by atoms with E-state index in [9.17, 15) is 19.5 Å². The third-order valence-corrected chi connectivity index (χ3v) is 3.62. The number of rotatable bonds is 4. The van der Waals surface area contributed by atoms with Crippen LogP contribution in [0.2, 0.25) is 0 Å². The summed E-state index contributed by atoms with van der Waals surface area (Å²) >= 11 is 3.14. The van der Waals surface area contributed by atoms with Crippen LogP contribution in [-0.4, -0.2) is 59.1 Å². The van der Waals surface area contributed by atoms with Crippen molar-refractivity contribution in [2.45, 2.75) is 50.2 Å². The van der Waals surface area contributed by atoms with Gasteiger partial charge in [-0.3, -0.25) is 14.4 Å². The van der Waals surface area contributed by atoms with Crippen molar-refractivity contribution in [3.8, 4) is 0 Å². The fourth-order valence-electron chi connectivity index (χ4n) is 1.88. The van der Waals surface area contributed by atoms with E-state index in [4.69, 9.17) is 18.9 Å². The zero-order valence-electron chi connectivity index (χ0n) is 11.8. The van der Waals surface area contributed by atoms with Gasteiger partial charge in [0.05, 0.1) is 0 Å². The van der Waals surface area contributed by atoms with Gasteiger partial charge < -0.3 is 24.1 Å². The monoisotopic (exact) mass is 368 g/mol. The molecule has 1 N–H and O–H groups in total. The summed E-state index contributed by atoms with van der Waals surface area (Å²) in [6, 6.07) is 0. The molecule has 1 rings (SSSR count). The van der Waals surface area contributed by atoms with E-state index in [1.54, 1.807) is 0 Å². The number of hydrogen-bond donors (Lipinski definition) is 1. The fraction of sp³-hybridized carbons (Fsp3) is 0.750. The van der Waals surface area contributed by atoms with E-state index in [0.717, 1.165) is 0 Å². The van der Waals surface area contributed by atoms with Crippen molar-refractivity contribution in [2.75, 3.05) is 6.61 Å². The summed E-state index contributed by atoms with van der Waals surface area (Å²) in [5.74, 6) is -1.79. The number of alkyl halides is 1. The van der Waals surface area contributed by atoms with Gasteiger partial charge in [-0.2, -0.15) is 0 Å².